The zero-order valence-corrected chi connectivity index (χ0v) is 15.4. The van der Waals surface area contributed by atoms with Crippen molar-refractivity contribution in [2.75, 3.05) is 42.3 Å². The third-order valence-electron chi connectivity index (χ3n) is 3.81. The summed E-state index contributed by atoms with van der Waals surface area (Å²) in [6, 6.07) is 0. The molecular weight excluding hydrogens is 369 g/mol. The molecule has 0 aromatic rings. The van der Waals surface area contributed by atoms with E-state index in [1.54, 1.807) is 0 Å². The average molecular weight is 400 g/mol. The summed E-state index contributed by atoms with van der Waals surface area (Å²) < 4.78 is 15.1. The Hall–Kier alpha value is 0.580. The van der Waals surface area contributed by atoms with Crippen LogP contribution in [0.3, 0.4) is 0 Å². The van der Waals surface area contributed by atoms with Gasteiger partial charge in [0.15, 0.2) is 0 Å². The monoisotopic (exact) mass is 400 g/mol. The molecule has 0 atom stereocenters. The fraction of sp³-hybridized carbons (Fsp3) is 1.00. The first-order valence-electron chi connectivity index (χ1n) is 6.06. The van der Waals surface area contributed by atoms with Crippen molar-refractivity contribution in [2.45, 2.75) is 30.8 Å². The van der Waals surface area contributed by atoms with E-state index in [1.165, 1.54) is 19.3 Å². The van der Waals surface area contributed by atoms with E-state index in [4.69, 9.17) is 4.14 Å². The Balaban J connectivity index is 5.12. The summed E-state index contributed by atoms with van der Waals surface area (Å²) in [6.07, 6.45) is 3.76. The number of nitrogens with two attached hydrogens (primary N) is 1. The molecule has 100 valence electrons. The molecule has 0 aliphatic heterocycles. The van der Waals surface area contributed by atoms with Gasteiger partial charge in [0, 0.05) is 0 Å². The summed E-state index contributed by atoms with van der Waals surface area (Å²) in [5.41, 5.74) is 0. The van der Waals surface area contributed by atoms with Crippen LogP contribution in [0.25, 0.3) is 0 Å². The van der Waals surface area contributed by atoms with E-state index in [1.807, 2.05) is 0 Å². The van der Waals surface area contributed by atoms with Crippen LogP contribution in [-0.2, 0) is 16.9 Å². The molecule has 0 heterocycles. The Labute approximate surface area is 104 Å². The van der Waals surface area contributed by atoms with Crippen molar-refractivity contribution in [3.8, 4) is 0 Å². The fourth-order valence-electron chi connectivity index (χ4n) is 2.34. The summed E-state index contributed by atoms with van der Waals surface area (Å²) in [5, 5.41) is 0. The van der Waals surface area contributed by atoms with Crippen LogP contribution in [0, 0.1) is 0 Å². The summed E-state index contributed by atoms with van der Waals surface area (Å²) in [7, 11) is 12.8. The van der Waals surface area contributed by atoms with Crippen LogP contribution < -0.4 is 4.14 Å². The van der Waals surface area contributed by atoms with Crippen LogP contribution in [-0.4, -0.2) is 52.2 Å². The second-order valence-electron chi connectivity index (χ2n) is 5.19. The van der Waals surface area contributed by atoms with Crippen LogP contribution in [0.2, 0.25) is 4.64 Å². The topological polar surface area (TPSA) is 35.7 Å². The van der Waals surface area contributed by atoms with Gasteiger partial charge in [0.1, 0.15) is 0 Å². The van der Waals surface area contributed by atoms with E-state index in [2.05, 4.69) is 59.1 Å². The molecule has 0 radical (unpaired) electrons. The second-order valence-corrected chi connectivity index (χ2v) is 24.2. The molecule has 0 amide bonds. The van der Waals surface area contributed by atoms with Crippen LogP contribution in [0.15, 0.2) is 0 Å². The first-order chi connectivity index (χ1) is 7.21. The van der Waals surface area contributed by atoms with Gasteiger partial charge in [0.05, 0.1) is 0 Å². The SMILES string of the molecule is CCCC[CH2][Ta]([NH2])([N](C)C)([N](C)C)[N](C)C. The van der Waals surface area contributed by atoms with E-state index in [0.29, 0.717) is 0 Å². The van der Waals surface area contributed by atoms with Gasteiger partial charge in [-0.1, -0.05) is 0 Å². The van der Waals surface area contributed by atoms with Crippen molar-refractivity contribution in [2.24, 2.45) is 4.14 Å². The standard InChI is InChI=1S/C5H11.3C2H6N.H2N.Ta/c1-3-5-4-2;3*1-3-2;;/h1,3-5H2,2H3;3*1-2H3;1H2;/q;4*-1;+4. The third-order valence-corrected chi connectivity index (χ3v) is 26.8. The molecule has 16 heavy (non-hydrogen) atoms. The molecule has 0 aromatic carbocycles. The number of rotatable bonds is 7. The molecule has 4 nitrogen and oxygen atoms in total. The Morgan fingerprint density at radius 3 is 1.44 bits per heavy atom. The van der Waals surface area contributed by atoms with E-state index < -0.39 is 16.9 Å². The van der Waals surface area contributed by atoms with Crippen molar-refractivity contribution in [1.29, 1.82) is 0 Å². The summed E-state index contributed by atoms with van der Waals surface area (Å²) >= 11 is -3.60. The molecule has 0 fully saturated rings. The quantitative estimate of drug-likeness (QED) is 0.659. The minimum absolute atomic E-state index is 1.15. The van der Waals surface area contributed by atoms with Gasteiger partial charge >= 0.3 is 104 Å². The molecule has 5 heteroatoms. The molecule has 0 aliphatic carbocycles. The normalized spacial score (nSPS) is 15.8. The third kappa shape index (κ3) is 2.70. The maximum absolute atomic E-state index is 6.98. The second kappa shape index (κ2) is 5.96. The predicted octanol–water partition coefficient (Wildman–Crippen LogP) is 1.59. The number of hydrogen-bond donors (Lipinski definition) is 1. The van der Waals surface area contributed by atoms with Gasteiger partial charge < -0.3 is 0 Å². The van der Waals surface area contributed by atoms with Gasteiger partial charge in [-0.2, -0.15) is 0 Å². The summed E-state index contributed by atoms with van der Waals surface area (Å²) in [6.45, 7) is 2.24. The first-order valence-corrected chi connectivity index (χ1v) is 14.5. The van der Waals surface area contributed by atoms with Gasteiger partial charge in [-0.15, -0.1) is 0 Å². The summed E-state index contributed by atoms with van der Waals surface area (Å²) in [4.78, 5) is 0. The zero-order chi connectivity index (χ0) is 13.0. The number of nitrogens with zero attached hydrogens (tertiary/aromatic N) is 3. The number of unbranched alkanes of at least 4 members (excludes halogenated alkanes) is 2. The van der Waals surface area contributed by atoms with E-state index in [0.717, 1.165) is 4.64 Å². The Bertz CT molecular complexity index is 192. The van der Waals surface area contributed by atoms with Crippen molar-refractivity contribution < 1.29 is 16.9 Å². The van der Waals surface area contributed by atoms with Crippen LogP contribution >= 0.6 is 0 Å². The van der Waals surface area contributed by atoms with Crippen molar-refractivity contribution in [3.63, 3.8) is 0 Å². The molecule has 0 bridgehead atoms. The van der Waals surface area contributed by atoms with E-state index in [-0.39, 0.29) is 0 Å². The Kier molecular flexibility index (Phi) is 6.17. The zero-order valence-electron chi connectivity index (χ0n) is 12.2. The fourth-order valence-corrected chi connectivity index (χ4v) is 17.3. The minimum atomic E-state index is -3.60. The van der Waals surface area contributed by atoms with Gasteiger partial charge in [-0.05, 0) is 0 Å². The van der Waals surface area contributed by atoms with Gasteiger partial charge in [-0.3, -0.25) is 0 Å². The van der Waals surface area contributed by atoms with Crippen LogP contribution in [0.4, 0.5) is 0 Å². The Morgan fingerprint density at radius 1 is 0.812 bits per heavy atom. The van der Waals surface area contributed by atoms with Crippen molar-refractivity contribution >= 4 is 0 Å². The van der Waals surface area contributed by atoms with Gasteiger partial charge in [0.2, 0.25) is 0 Å². The molecular formula is C11H31N4Ta. The molecule has 0 aromatic heterocycles. The van der Waals surface area contributed by atoms with Gasteiger partial charge in [-0.25, -0.2) is 0 Å². The average Bonchev–Trinajstić information content (AvgIpc) is 2.16. The molecule has 0 rings (SSSR count). The molecule has 0 aliphatic rings. The predicted molar refractivity (Wildman–Crippen MR) is 69.6 cm³/mol. The number of hydrogen-bond acceptors (Lipinski definition) is 4. The summed E-state index contributed by atoms with van der Waals surface area (Å²) in [5.74, 6) is 0. The molecule has 2 N–H and O–H groups in total. The van der Waals surface area contributed by atoms with E-state index >= 15 is 0 Å². The van der Waals surface area contributed by atoms with E-state index in [9.17, 15) is 0 Å². The Morgan fingerprint density at radius 2 is 1.19 bits per heavy atom. The van der Waals surface area contributed by atoms with Crippen molar-refractivity contribution in [3.05, 3.63) is 0 Å². The molecule has 0 unspecified atom stereocenters. The van der Waals surface area contributed by atoms with Crippen LogP contribution in [0.5, 0.6) is 0 Å². The maximum atomic E-state index is 6.98. The van der Waals surface area contributed by atoms with Crippen LogP contribution in [0.1, 0.15) is 26.2 Å². The molecule has 0 saturated heterocycles. The van der Waals surface area contributed by atoms with Gasteiger partial charge in [0.25, 0.3) is 0 Å². The first kappa shape index (κ1) is 16.6. The molecule has 0 saturated carbocycles. The van der Waals surface area contributed by atoms with Crippen molar-refractivity contribution in [1.82, 2.24) is 9.91 Å². The molecule has 0 spiro atoms.